The van der Waals surface area contributed by atoms with Crippen molar-refractivity contribution in [3.8, 4) is 11.4 Å². The number of anilines is 3. The highest BCUT2D eigenvalue weighted by atomic mass is 32.2. The number of aryl methyl sites for hydroxylation is 1. The molecule has 0 amide bonds. The first-order valence-electron chi connectivity index (χ1n) is 11.7. The van der Waals surface area contributed by atoms with Gasteiger partial charge in [0.2, 0.25) is 21.9 Å². The summed E-state index contributed by atoms with van der Waals surface area (Å²) in [5, 5.41) is 3.29. The minimum Gasteiger partial charge on any atom is -0.378 e. The van der Waals surface area contributed by atoms with Crippen molar-refractivity contribution < 1.29 is 13.2 Å². The van der Waals surface area contributed by atoms with Gasteiger partial charge < -0.3 is 20.7 Å². The lowest BCUT2D eigenvalue weighted by Crippen LogP contribution is -2.37. The van der Waals surface area contributed by atoms with Crippen LogP contribution in [-0.4, -0.2) is 83.6 Å². The number of fused-ring (bicyclic) bond motifs is 1. The zero-order chi connectivity index (χ0) is 24.6. The lowest BCUT2D eigenvalue weighted by atomic mass is 10.2. The van der Waals surface area contributed by atoms with Crippen LogP contribution in [0.5, 0.6) is 0 Å². The van der Waals surface area contributed by atoms with Crippen molar-refractivity contribution in [3.05, 3.63) is 11.9 Å². The van der Waals surface area contributed by atoms with E-state index in [4.69, 9.17) is 25.4 Å². The van der Waals surface area contributed by atoms with Crippen molar-refractivity contribution in [2.75, 3.05) is 61.6 Å². The molecule has 14 heteroatoms. The molecule has 2 fully saturated rings. The van der Waals surface area contributed by atoms with Gasteiger partial charge in [-0.15, -0.1) is 0 Å². The molecule has 2 aliphatic rings. The summed E-state index contributed by atoms with van der Waals surface area (Å²) in [6.07, 6.45) is 5.12. The van der Waals surface area contributed by atoms with Crippen LogP contribution in [0, 0.1) is 12.8 Å². The molecule has 1 saturated heterocycles. The Morgan fingerprint density at radius 2 is 1.91 bits per heavy atom. The molecule has 0 bridgehead atoms. The third kappa shape index (κ3) is 5.44. The molecular formula is C21H30N10O3S. The Morgan fingerprint density at radius 3 is 2.60 bits per heavy atom. The van der Waals surface area contributed by atoms with Crippen molar-refractivity contribution >= 4 is 38.9 Å². The molecule has 188 valence electrons. The lowest BCUT2D eigenvalue weighted by Gasteiger charge is -2.28. The van der Waals surface area contributed by atoms with Crippen LogP contribution in [0.1, 0.15) is 18.5 Å². The number of morpholine rings is 1. The fourth-order valence-corrected chi connectivity index (χ4v) is 4.56. The number of hydrogen-bond donors (Lipinski definition) is 3. The highest BCUT2D eigenvalue weighted by Crippen LogP contribution is 2.35. The number of imidazole rings is 1. The van der Waals surface area contributed by atoms with E-state index in [1.165, 1.54) is 0 Å². The van der Waals surface area contributed by atoms with Crippen LogP contribution in [0.15, 0.2) is 6.20 Å². The van der Waals surface area contributed by atoms with E-state index < -0.39 is 10.0 Å². The number of nitrogens with two attached hydrogens (primary N) is 1. The Bertz CT molecular complexity index is 1330. The maximum Gasteiger partial charge on any atom is 0.220 e. The number of sulfonamides is 1. The smallest absolute Gasteiger partial charge is 0.220 e. The standard InChI is InChI=1S/C21H30N10O3S/c1-13-15(11-24-20(22)26-13)17-28-18(30-7-9-34-10-8-30)16-19(29-17)31(12-14-3-4-14)21(27-16)23-5-6-25-35(2,32)33/h11,14,25H,3-10,12H2,1-2H3,(H,23,27)(H2,22,24,26). The molecule has 0 atom stereocenters. The molecule has 0 unspecified atom stereocenters. The van der Waals surface area contributed by atoms with Crippen molar-refractivity contribution in [2.45, 2.75) is 26.3 Å². The number of rotatable bonds is 9. The van der Waals surface area contributed by atoms with E-state index in [9.17, 15) is 8.42 Å². The van der Waals surface area contributed by atoms with E-state index in [0.29, 0.717) is 67.3 Å². The summed E-state index contributed by atoms with van der Waals surface area (Å²) in [5.41, 5.74) is 8.59. The Hall–Kier alpha value is -3.10. The SMILES string of the molecule is Cc1nc(N)ncc1-c1nc(N2CCOCC2)c2nc(NCCNS(C)(=O)=O)n(CC3CC3)c2n1. The predicted molar refractivity (Wildman–Crippen MR) is 133 cm³/mol. The first-order valence-corrected chi connectivity index (χ1v) is 13.6. The number of nitrogens with one attached hydrogen (secondary N) is 2. The van der Waals surface area contributed by atoms with Crippen LogP contribution in [0.25, 0.3) is 22.6 Å². The number of nitrogen functional groups attached to an aromatic ring is 1. The van der Waals surface area contributed by atoms with Crippen LogP contribution in [0.4, 0.5) is 17.7 Å². The van der Waals surface area contributed by atoms with Gasteiger partial charge in [0.1, 0.15) is 0 Å². The fraction of sp³-hybridized carbons (Fsp3) is 0.571. The summed E-state index contributed by atoms with van der Waals surface area (Å²) in [5.74, 6) is 2.66. The second-order valence-electron chi connectivity index (χ2n) is 8.95. The van der Waals surface area contributed by atoms with Gasteiger partial charge in [-0.3, -0.25) is 4.57 Å². The van der Waals surface area contributed by atoms with Crippen LogP contribution >= 0.6 is 0 Å². The molecule has 3 aromatic heterocycles. The molecule has 35 heavy (non-hydrogen) atoms. The summed E-state index contributed by atoms with van der Waals surface area (Å²) in [6, 6.07) is 0. The largest absolute Gasteiger partial charge is 0.378 e. The van der Waals surface area contributed by atoms with Crippen molar-refractivity contribution in [1.82, 2.24) is 34.2 Å². The van der Waals surface area contributed by atoms with Crippen molar-refractivity contribution in [2.24, 2.45) is 5.92 Å². The van der Waals surface area contributed by atoms with Crippen molar-refractivity contribution in [3.63, 3.8) is 0 Å². The molecule has 0 radical (unpaired) electrons. The van der Waals surface area contributed by atoms with Crippen LogP contribution in [0.3, 0.4) is 0 Å². The average Bonchev–Trinajstić information content (AvgIpc) is 3.57. The topological polar surface area (TPSA) is 166 Å². The van der Waals surface area contributed by atoms with Gasteiger partial charge in [-0.1, -0.05) is 0 Å². The molecule has 1 saturated carbocycles. The first kappa shape index (κ1) is 23.6. The maximum absolute atomic E-state index is 11.4. The van der Waals surface area contributed by atoms with Gasteiger partial charge in [-0.25, -0.2) is 38.1 Å². The number of nitrogens with zero attached hydrogens (tertiary/aromatic N) is 7. The Kier molecular flexibility index (Phi) is 6.42. The zero-order valence-corrected chi connectivity index (χ0v) is 20.7. The van der Waals surface area contributed by atoms with E-state index in [1.807, 2.05) is 6.92 Å². The molecule has 1 aliphatic heterocycles. The molecule has 5 rings (SSSR count). The normalized spacial score (nSPS) is 16.7. The number of hydrogen-bond acceptors (Lipinski definition) is 11. The molecule has 1 aliphatic carbocycles. The molecule has 3 aromatic rings. The van der Waals surface area contributed by atoms with Crippen LogP contribution < -0.4 is 20.7 Å². The summed E-state index contributed by atoms with van der Waals surface area (Å²) in [4.78, 5) is 25.3. The summed E-state index contributed by atoms with van der Waals surface area (Å²) in [7, 11) is -3.27. The third-order valence-electron chi connectivity index (χ3n) is 6.04. The van der Waals surface area contributed by atoms with Gasteiger partial charge in [0.25, 0.3) is 0 Å². The average molecular weight is 503 g/mol. The second kappa shape index (κ2) is 9.51. The van der Waals surface area contributed by atoms with E-state index in [-0.39, 0.29) is 12.5 Å². The van der Waals surface area contributed by atoms with Gasteiger partial charge in [0.05, 0.1) is 30.7 Å². The monoisotopic (exact) mass is 502 g/mol. The molecule has 13 nitrogen and oxygen atoms in total. The van der Waals surface area contributed by atoms with Gasteiger partial charge in [0, 0.05) is 38.9 Å². The van der Waals surface area contributed by atoms with Crippen LogP contribution in [0.2, 0.25) is 0 Å². The maximum atomic E-state index is 11.4. The second-order valence-corrected chi connectivity index (χ2v) is 10.8. The number of ether oxygens (including phenoxy) is 1. The molecule has 0 aromatic carbocycles. The van der Waals surface area contributed by atoms with E-state index in [0.717, 1.165) is 37.1 Å². The minimum absolute atomic E-state index is 0.202. The summed E-state index contributed by atoms with van der Waals surface area (Å²) >= 11 is 0. The van der Waals surface area contributed by atoms with Crippen LogP contribution in [-0.2, 0) is 21.3 Å². The van der Waals surface area contributed by atoms with Gasteiger partial charge in [0.15, 0.2) is 22.8 Å². The van der Waals surface area contributed by atoms with Gasteiger partial charge in [-0.2, -0.15) is 0 Å². The Balaban J connectivity index is 1.60. The van der Waals surface area contributed by atoms with E-state index >= 15 is 0 Å². The molecule has 4 N–H and O–H groups in total. The van der Waals surface area contributed by atoms with Gasteiger partial charge in [-0.05, 0) is 25.7 Å². The van der Waals surface area contributed by atoms with E-state index in [1.54, 1.807) is 6.20 Å². The lowest BCUT2D eigenvalue weighted by molar-refractivity contribution is 0.122. The highest BCUT2D eigenvalue weighted by Gasteiger charge is 2.28. The summed E-state index contributed by atoms with van der Waals surface area (Å²) < 4.78 is 33.0. The highest BCUT2D eigenvalue weighted by molar-refractivity contribution is 7.88. The predicted octanol–water partition coefficient (Wildman–Crippen LogP) is 0.382. The van der Waals surface area contributed by atoms with E-state index in [2.05, 4.69) is 29.5 Å². The fourth-order valence-electron chi connectivity index (χ4n) is 4.08. The zero-order valence-electron chi connectivity index (χ0n) is 19.9. The first-order chi connectivity index (χ1) is 16.8. The Morgan fingerprint density at radius 1 is 1.14 bits per heavy atom. The van der Waals surface area contributed by atoms with Crippen molar-refractivity contribution in [1.29, 1.82) is 0 Å². The molecular weight excluding hydrogens is 472 g/mol. The third-order valence-corrected chi connectivity index (χ3v) is 6.76. The minimum atomic E-state index is -3.27. The molecule has 4 heterocycles. The molecule has 0 spiro atoms. The quantitative estimate of drug-likeness (QED) is 0.346. The summed E-state index contributed by atoms with van der Waals surface area (Å²) in [6.45, 7) is 5.87. The number of aromatic nitrogens is 6. The van der Waals surface area contributed by atoms with Gasteiger partial charge >= 0.3 is 0 Å². The Labute approximate surface area is 203 Å².